The van der Waals surface area contributed by atoms with Gasteiger partial charge in [0.2, 0.25) is 0 Å². The van der Waals surface area contributed by atoms with Crippen molar-refractivity contribution in [2.75, 3.05) is 24.5 Å². The van der Waals surface area contributed by atoms with Crippen LogP contribution in [0.2, 0.25) is 0 Å². The van der Waals surface area contributed by atoms with Crippen molar-refractivity contribution in [1.29, 1.82) is 0 Å². The minimum absolute atomic E-state index is 0.103. The van der Waals surface area contributed by atoms with Gasteiger partial charge in [0, 0.05) is 30.2 Å². The largest absolute Gasteiger partial charge is 0.371 e. The SMILES string of the molecule is O=C(NCCCN1CCc2ccccc21)c1cc2c(s1)CCC2. The third kappa shape index (κ3) is 3.00. The molecular formula is C19H22N2OS. The van der Waals surface area contributed by atoms with E-state index in [4.69, 9.17) is 0 Å². The molecule has 0 radical (unpaired) electrons. The summed E-state index contributed by atoms with van der Waals surface area (Å²) in [5.41, 5.74) is 4.21. The fourth-order valence-corrected chi connectivity index (χ4v) is 4.81. The number of anilines is 1. The highest BCUT2D eigenvalue weighted by Crippen LogP contribution is 2.30. The van der Waals surface area contributed by atoms with Crippen LogP contribution in [-0.4, -0.2) is 25.5 Å². The van der Waals surface area contributed by atoms with Crippen LogP contribution in [0.1, 0.15) is 38.5 Å². The molecule has 1 amide bonds. The Morgan fingerprint density at radius 2 is 2.09 bits per heavy atom. The molecule has 1 aliphatic heterocycles. The molecule has 3 nitrogen and oxygen atoms in total. The Labute approximate surface area is 141 Å². The summed E-state index contributed by atoms with van der Waals surface area (Å²) in [5.74, 6) is 0.103. The normalized spacial score (nSPS) is 15.6. The van der Waals surface area contributed by atoms with Gasteiger partial charge in [0.25, 0.3) is 5.91 Å². The van der Waals surface area contributed by atoms with E-state index in [1.54, 1.807) is 11.3 Å². The summed E-state index contributed by atoms with van der Waals surface area (Å²) in [6.45, 7) is 2.86. The van der Waals surface area contributed by atoms with Crippen molar-refractivity contribution in [1.82, 2.24) is 5.32 Å². The number of fused-ring (bicyclic) bond motifs is 2. The molecule has 0 saturated carbocycles. The molecule has 1 N–H and O–H groups in total. The van der Waals surface area contributed by atoms with Gasteiger partial charge in [-0.25, -0.2) is 0 Å². The Kier molecular flexibility index (Phi) is 4.08. The molecule has 2 aromatic rings. The van der Waals surface area contributed by atoms with Crippen LogP contribution < -0.4 is 10.2 Å². The molecule has 0 saturated heterocycles. The van der Waals surface area contributed by atoms with Crippen molar-refractivity contribution in [3.05, 3.63) is 51.2 Å². The number of carbonyl (C=O) groups is 1. The Balaban J connectivity index is 1.25. The lowest BCUT2D eigenvalue weighted by Crippen LogP contribution is -2.28. The molecule has 0 unspecified atom stereocenters. The summed E-state index contributed by atoms with van der Waals surface area (Å²) in [5, 5.41) is 3.08. The number of thiophene rings is 1. The number of rotatable bonds is 5. The Morgan fingerprint density at radius 3 is 3.00 bits per heavy atom. The maximum absolute atomic E-state index is 12.2. The van der Waals surface area contributed by atoms with Gasteiger partial charge in [-0.15, -0.1) is 11.3 Å². The molecule has 0 bridgehead atoms. The standard InChI is InChI=1S/C19H22N2OS/c22-19(18-13-15-6-3-8-17(15)23-18)20-10-4-11-21-12-9-14-5-1-2-7-16(14)21/h1-2,5,7,13H,3-4,6,8-12H2,(H,20,22). The third-order valence-electron chi connectivity index (χ3n) is 4.84. The van der Waals surface area contributed by atoms with Crippen LogP contribution in [-0.2, 0) is 19.3 Å². The van der Waals surface area contributed by atoms with Crippen molar-refractivity contribution < 1.29 is 4.79 Å². The van der Waals surface area contributed by atoms with Gasteiger partial charge in [-0.2, -0.15) is 0 Å². The van der Waals surface area contributed by atoms with E-state index in [9.17, 15) is 4.79 Å². The number of aryl methyl sites for hydroxylation is 2. The fourth-order valence-electron chi connectivity index (χ4n) is 3.64. The number of hydrogen-bond acceptors (Lipinski definition) is 3. The predicted molar refractivity (Wildman–Crippen MR) is 95.7 cm³/mol. The first-order chi connectivity index (χ1) is 11.3. The third-order valence-corrected chi connectivity index (χ3v) is 6.08. The first-order valence-electron chi connectivity index (χ1n) is 8.54. The van der Waals surface area contributed by atoms with E-state index in [0.29, 0.717) is 0 Å². The van der Waals surface area contributed by atoms with E-state index in [1.807, 2.05) is 0 Å². The molecule has 2 aliphatic rings. The van der Waals surface area contributed by atoms with Gasteiger partial charge in [-0.1, -0.05) is 18.2 Å². The maximum atomic E-state index is 12.2. The smallest absolute Gasteiger partial charge is 0.261 e. The molecule has 1 aliphatic carbocycles. The lowest BCUT2D eigenvalue weighted by atomic mass is 10.2. The van der Waals surface area contributed by atoms with Gasteiger partial charge in [0.05, 0.1) is 4.88 Å². The van der Waals surface area contributed by atoms with E-state index in [2.05, 4.69) is 40.5 Å². The quantitative estimate of drug-likeness (QED) is 0.854. The van der Waals surface area contributed by atoms with Crippen molar-refractivity contribution in [3.63, 3.8) is 0 Å². The molecule has 4 rings (SSSR count). The van der Waals surface area contributed by atoms with Crippen LogP contribution in [0.25, 0.3) is 0 Å². The van der Waals surface area contributed by atoms with Crippen LogP contribution in [0.4, 0.5) is 5.69 Å². The summed E-state index contributed by atoms with van der Waals surface area (Å²) >= 11 is 1.68. The molecule has 0 fully saturated rings. The number of amides is 1. The van der Waals surface area contributed by atoms with Gasteiger partial charge >= 0.3 is 0 Å². The van der Waals surface area contributed by atoms with Crippen LogP contribution in [0.15, 0.2) is 30.3 Å². The molecule has 1 aromatic heterocycles. The van der Waals surface area contributed by atoms with E-state index >= 15 is 0 Å². The number of benzene rings is 1. The molecule has 23 heavy (non-hydrogen) atoms. The molecule has 0 atom stereocenters. The Morgan fingerprint density at radius 1 is 1.17 bits per heavy atom. The van der Waals surface area contributed by atoms with E-state index in [1.165, 1.54) is 28.1 Å². The Hall–Kier alpha value is -1.81. The van der Waals surface area contributed by atoms with Crippen molar-refractivity contribution in [2.24, 2.45) is 0 Å². The zero-order chi connectivity index (χ0) is 15.6. The van der Waals surface area contributed by atoms with Crippen molar-refractivity contribution in [3.8, 4) is 0 Å². The van der Waals surface area contributed by atoms with Gasteiger partial charge in [-0.05, 0) is 55.4 Å². The molecule has 4 heteroatoms. The minimum Gasteiger partial charge on any atom is -0.371 e. The number of carbonyl (C=O) groups excluding carboxylic acids is 1. The highest BCUT2D eigenvalue weighted by Gasteiger charge is 2.19. The first kappa shape index (κ1) is 14.8. The number of nitrogens with one attached hydrogen (secondary N) is 1. The van der Waals surface area contributed by atoms with E-state index in [0.717, 1.165) is 50.2 Å². The number of nitrogens with zero attached hydrogens (tertiary/aromatic N) is 1. The maximum Gasteiger partial charge on any atom is 0.261 e. The Bertz CT molecular complexity index is 700. The molecule has 2 heterocycles. The van der Waals surface area contributed by atoms with Gasteiger partial charge in [-0.3, -0.25) is 4.79 Å². The highest BCUT2D eigenvalue weighted by atomic mass is 32.1. The van der Waals surface area contributed by atoms with E-state index < -0.39 is 0 Å². The van der Waals surface area contributed by atoms with Crippen molar-refractivity contribution >= 4 is 22.9 Å². The van der Waals surface area contributed by atoms with Gasteiger partial charge in [0.15, 0.2) is 0 Å². The number of para-hydroxylation sites is 1. The molecule has 120 valence electrons. The zero-order valence-electron chi connectivity index (χ0n) is 13.3. The summed E-state index contributed by atoms with van der Waals surface area (Å²) in [7, 11) is 0. The van der Waals surface area contributed by atoms with Crippen LogP contribution in [0.3, 0.4) is 0 Å². The van der Waals surface area contributed by atoms with Crippen LogP contribution in [0, 0.1) is 0 Å². The second-order valence-corrected chi connectivity index (χ2v) is 7.52. The zero-order valence-corrected chi connectivity index (χ0v) is 14.1. The fraction of sp³-hybridized carbons (Fsp3) is 0.421. The summed E-state index contributed by atoms with van der Waals surface area (Å²) in [6.07, 6.45) is 5.68. The first-order valence-corrected chi connectivity index (χ1v) is 9.35. The van der Waals surface area contributed by atoms with Crippen LogP contribution >= 0.6 is 11.3 Å². The average molecular weight is 326 g/mol. The molecule has 0 spiro atoms. The minimum atomic E-state index is 0.103. The monoisotopic (exact) mass is 326 g/mol. The highest BCUT2D eigenvalue weighted by molar-refractivity contribution is 7.14. The topological polar surface area (TPSA) is 32.3 Å². The predicted octanol–water partition coefficient (Wildman–Crippen LogP) is 3.42. The van der Waals surface area contributed by atoms with E-state index in [-0.39, 0.29) is 5.91 Å². The van der Waals surface area contributed by atoms with Gasteiger partial charge < -0.3 is 10.2 Å². The lowest BCUT2D eigenvalue weighted by Gasteiger charge is -2.19. The number of hydrogen-bond donors (Lipinski definition) is 1. The average Bonchev–Trinajstić information content (AvgIpc) is 3.25. The summed E-state index contributed by atoms with van der Waals surface area (Å²) < 4.78 is 0. The summed E-state index contributed by atoms with van der Waals surface area (Å²) in [6, 6.07) is 10.7. The lowest BCUT2D eigenvalue weighted by molar-refractivity contribution is 0.0957. The van der Waals surface area contributed by atoms with Crippen molar-refractivity contribution in [2.45, 2.75) is 32.1 Å². The summed E-state index contributed by atoms with van der Waals surface area (Å²) in [4.78, 5) is 17.0. The second-order valence-electron chi connectivity index (χ2n) is 6.39. The van der Waals surface area contributed by atoms with Crippen LogP contribution in [0.5, 0.6) is 0 Å². The molecule has 1 aromatic carbocycles. The second kappa shape index (κ2) is 6.36. The molecular weight excluding hydrogens is 304 g/mol. The van der Waals surface area contributed by atoms with Gasteiger partial charge in [0.1, 0.15) is 0 Å².